The summed E-state index contributed by atoms with van der Waals surface area (Å²) in [5.74, 6) is -0.325. The number of carbonyl (C=O) groups is 1. The van der Waals surface area contributed by atoms with Crippen LogP contribution in [0.2, 0.25) is 0 Å². The van der Waals surface area contributed by atoms with Gasteiger partial charge in [0.05, 0.1) is 10.6 Å². The number of aryl methyl sites for hydroxylation is 1. The predicted molar refractivity (Wildman–Crippen MR) is 103 cm³/mol. The maximum Gasteiger partial charge on any atom is 0.270 e. The second-order valence-corrected chi connectivity index (χ2v) is 5.81. The number of nitro groups is 1. The Labute approximate surface area is 154 Å². The number of hydrogen-bond acceptors (Lipinski definition) is 6. The van der Waals surface area contributed by atoms with E-state index in [0.29, 0.717) is 16.9 Å². The molecule has 8 nitrogen and oxygen atoms in total. The van der Waals surface area contributed by atoms with Crippen molar-refractivity contribution in [3.63, 3.8) is 0 Å². The molecule has 0 unspecified atom stereocenters. The second kappa shape index (κ2) is 8.17. The van der Waals surface area contributed by atoms with Crippen LogP contribution in [0.4, 0.5) is 17.1 Å². The Kier molecular flexibility index (Phi) is 5.97. The standard InChI is InChI=1S/C17H16N4O4S/c1-10-7-15(21(24)25)8-12(16(10)23)9-18-13-3-5-14(6-4-13)20-17(26)19-11(2)22/h3-9,23H,1-2H3,(H2,19,20,22,26). The van der Waals surface area contributed by atoms with Gasteiger partial charge in [0.25, 0.3) is 5.69 Å². The molecule has 3 N–H and O–H groups in total. The smallest absolute Gasteiger partial charge is 0.270 e. The molecule has 26 heavy (non-hydrogen) atoms. The van der Waals surface area contributed by atoms with Crippen LogP contribution < -0.4 is 10.6 Å². The van der Waals surface area contributed by atoms with E-state index in [1.165, 1.54) is 25.3 Å². The largest absolute Gasteiger partial charge is 0.507 e. The Morgan fingerprint density at radius 1 is 1.31 bits per heavy atom. The molecule has 0 aliphatic rings. The fourth-order valence-electron chi connectivity index (χ4n) is 2.09. The van der Waals surface area contributed by atoms with E-state index in [-0.39, 0.29) is 28.0 Å². The molecule has 0 spiro atoms. The van der Waals surface area contributed by atoms with Crippen LogP contribution >= 0.6 is 12.2 Å². The Morgan fingerprint density at radius 3 is 2.54 bits per heavy atom. The predicted octanol–water partition coefficient (Wildman–Crippen LogP) is 3.19. The molecular formula is C17H16N4O4S. The van der Waals surface area contributed by atoms with Gasteiger partial charge in [-0.1, -0.05) is 0 Å². The van der Waals surface area contributed by atoms with E-state index < -0.39 is 4.92 Å². The van der Waals surface area contributed by atoms with Crippen molar-refractivity contribution in [1.82, 2.24) is 5.32 Å². The molecule has 9 heteroatoms. The number of nitrogens with one attached hydrogen (secondary N) is 2. The summed E-state index contributed by atoms with van der Waals surface area (Å²) in [5, 5.41) is 26.4. The van der Waals surface area contributed by atoms with Gasteiger partial charge in [-0.2, -0.15) is 0 Å². The summed E-state index contributed by atoms with van der Waals surface area (Å²) >= 11 is 4.96. The van der Waals surface area contributed by atoms with E-state index in [9.17, 15) is 20.0 Å². The molecule has 1 amide bonds. The third-order valence-corrected chi connectivity index (χ3v) is 3.50. The number of rotatable bonds is 4. The van der Waals surface area contributed by atoms with Gasteiger partial charge < -0.3 is 15.7 Å². The molecule has 134 valence electrons. The van der Waals surface area contributed by atoms with Crippen LogP contribution in [-0.2, 0) is 4.79 Å². The summed E-state index contributed by atoms with van der Waals surface area (Å²) in [6.45, 7) is 2.94. The topological polar surface area (TPSA) is 117 Å². The normalized spacial score (nSPS) is 10.5. The van der Waals surface area contributed by atoms with Gasteiger partial charge in [0.1, 0.15) is 5.75 Å². The van der Waals surface area contributed by atoms with Crippen LogP contribution in [0.1, 0.15) is 18.1 Å². The van der Waals surface area contributed by atoms with Crippen LogP contribution in [0.5, 0.6) is 5.75 Å². The van der Waals surface area contributed by atoms with Gasteiger partial charge in [0.2, 0.25) is 5.91 Å². The van der Waals surface area contributed by atoms with Crippen LogP contribution in [-0.4, -0.2) is 27.3 Å². The highest BCUT2D eigenvalue weighted by Gasteiger charge is 2.12. The van der Waals surface area contributed by atoms with Crippen LogP contribution in [0, 0.1) is 17.0 Å². The molecule has 0 aliphatic carbocycles. The lowest BCUT2D eigenvalue weighted by molar-refractivity contribution is -0.384. The summed E-state index contributed by atoms with van der Waals surface area (Å²) in [6, 6.07) is 9.35. The van der Waals surface area contributed by atoms with E-state index in [1.54, 1.807) is 31.2 Å². The first kappa shape index (κ1) is 19.0. The lowest BCUT2D eigenvalue weighted by Crippen LogP contribution is -2.32. The molecular weight excluding hydrogens is 356 g/mol. The molecule has 0 saturated carbocycles. The molecule has 0 atom stereocenters. The van der Waals surface area contributed by atoms with Gasteiger partial charge in [0.15, 0.2) is 5.11 Å². The first-order valence-electron chi connectivity index (χ1n) is 7.47. The number of anilines is 1. The van der Waals surface area contributed by atoms with Crippen LogP contribution in [0.25, 0.3) is 0 Å². The third-order valence-electron chi connectivity index (χ3n) is 3.29. The lowest BCUT2D eigenvalue weighted by atomic mass is 10.1. The zero-order valence-corrected chi connectivity index (χ0v) is 14.8. The van der Waals surface area contributed by atoms with Crippen LogP contribution in [0.3, 0.4) is 0 Å². The average Bonchev–Trinajstić information content (AvgIpc) is 2.56. The molecule has 0 fully saturated rings. The number of benzene rings is 2. The fourth-order valence-corrected chi connectivity index (χ4v) is 2.35. The Balaban J connectivity index is 2.15. The number of phenolic OH excluding ortho intramolecular Hbond substituents is 1. The Morgan fingerprint density at radius 2 is 1.96 bits per heavy atom. The second-order valence-electron chi connectivity index (χ2n) is 5.40. The minimum atomic E-state index is -0.526. The van der Waals surface area contributed by atoms with E-state index >= 15 is 0 Å². The van der Waals surface area contributed by atoms with Crippen molar-refractivity contribution in [2.75, 3.05) is 5.32 Å². The number of nitro benzene ring substituents is 1. The van der Waals surface area contributed by atoms with Crippen molar-refractivity contribution in [1.29, 1.82) is 0 Å². The minimum absolute atomic E-state index is 0.0571. The highest BCUT2D eigenvalue weighted by Crippen LogP contribution is 2.27. The molecule has 0 aliphatic heterocycles. The van der Waals surface area contributed by atoms with Crippen molar-refractivity contribution in [2.45, 2.75) is 13.8 Å². The number of thiocarbonyl (C=S) groups is 1. The molecule has 2 aromatic rings. The molecule has 2 rings (SSSR count). The summed E-state index contributed by atoms with van der Waals surface area (Å²) in [6.07, 6.45) is 1.36. The van der Waals surface area contributed by atoms with Gasteiger partial charge >= 0.3 is 0 Å². The first-order valence-corrected chi connectivity index (χ1v) is 7.88. The van der Waals surface area contributed by atoms with E-state index in [1.807, 2.05) is 0 Å². The highest BCUT2D eigenvalue weighted by atomic mass is 32.1. The number of amides is 1. The van der Waals surface area contributed by atoms with Crippen molar-refractivity contribution in [3.8, 4) is 5.75 Å². The number of aromatic hydroxyl groups is 1. The maximum atomic E-state index is 10.9. The van der Waals surface area contributed by atoms with E-state index in [4.69, 9.17) is 12.2 Å². The number of hydrogen-bond donors (Lipinski definition) is 3. The third kappa shape index (κ3) is 5.08. The van der Waals surface area contributed by atoms with Crippen molar-refractivity contribution >= 4 is 46.5 Å². The summed E-state index contributed by atoms with van der Waals surface area (Å²) in [5.41, 5.74) is 1.77. The molecule has 0 radical (unpaired) electrons. The van der Waals surface area contributed by atoms with Crippen molar-refractivity contribution < 1.29 is 14.8 Å². The molecule has 0 aromatic heterocycles. The number of carbonyl (C=O) groups excluding carboxylic acids is 1. The number of aliphatic imine (C=N–C) groups is 1. The van der Waals surface area contributed by atoms with Gasteiger partial charge in [-0.3, -0.25) is 19.9 Å². The maximum absolute atomic E-state index is 10.9. The monoisotopic (exact) mass is 372 g/mol. The minimum Gasteiger partial charge on any atom is -0.507 e. The fraction of sp³-hybridized carbons (Fsp3) is 0.118. The molecule has 2 aromatic carbocycles. The molecule has 0 heterocycles. The summed E-state index contributed by atoms with van der Waals surface area (Å²) in [4.78, 5) is 25.5. The Hall–Kier alpha value is -3.33. The summed E-state index contributed by atoms with van der Waals surface area (Å²) < 4.78 is 0. The van der Waals surface area contributed by atoms with Gasteiger partial charge in [-0.25, -0.2) is 0 Å². The zero-order chi connectivity index (χ0) is 19.3. The van der Waals surface area contributed by atoms with E-state index in [0.717, 1.165) is 0 Å². The first-order chi connectivity index (χ1) is 12.3. The quantitative estimate of drug-likeness (QED) is 0.328. The SMILES string of the molecule is CC(=O)NC(=S)Nc1ccc(N=Cc2cc([N+](=O)[O-])cc(C)c2O)cc1. The number of nitrogens with zero attached hydrogens (tertiary/aromatic N) is 2. The average molecular weight is 372 g/mol. The number of phenols is 1. The molecule has 0 bridgehead atoms. The Bertz CT molecular complexity index is 894. The van der Waals surface area contributed by atoms with Gasteiger partial charge in [0, 0.05) is 36.5 Å². The van der Waals surface area contributed by atoms with Crippen molar-refractivity contribution in [3.05, 3.63) is 57.6 Å². The number of non-ortho nitro benzene ring substituents is 1. The van der Waals surface area contributed by atoms with Crippen LogP contribution in [0.15, 0.2) is 41.4 Å². The highest BCUT2D eigenvalue weighted by molar-refractivity contribution is 7.80. The van der Waals surface area contributed by atoms with E-state index in [2.05, 4.69) is 15.6 Å². The van der Waals surface area contributed by atoms with Gasteiger partial charge in [-0.15, -0.1) is 0 Å². The zero-order valence-electron chi connectivity index (χ0n) is 14.0. The van der Waals surface area contributed by atoms with Gasteiger partial charge in [-0.05, 0) is 49.0 Å². The molecule has 0 saturated heterocycles. The lowest BCUT2D eigenvalue weighted by Gasteiger charge is -2.07. The van der Waals surface area contributed by atoms with Crippen molar-refractivity contribution in [2.24, 2.45) is 4.99 Å². The summed E-state index contributed by atoms with van der Waals surface area (Å²) in [7, 11) is 0.